The molecule has 0 amide bonds. The van der Waals surface area contributed by atoms with Crippen LogP contribution in [0, 0.1) is 0 Å². The number of rotatable bonds is 4. The smallest absolute Gasteiger partial charge is 0.237 e. The van der Waals surface area contributed by atoms with Crippen LogP contribution >= 0.6 is 0 Å². The van der Waals surface area contributed by atoms with Gasteiger partial charge in [-0.3, -0.25) is 0 Å². The third kappa shape index (κ3) is 2.66. The van der Waals surface area contributed by atoms with Gasteiger partial charge in [-0.25, -0.2) is 0 Å². The van der Waals surface area contributed by atoms with Crippen molar-refractivity contribution in [1.82, 2.24) is 0 Å². The normalized spacial score (nSPS) is 11.8. The lowest BCUT2D eigenvalue weighted by molar-refractivity contribution is -0.0131. The molecule has 2 nitrogen and oxygen atoms in total. The highest BCUT2D eigenvalue weighted by molar-refractivity contribution is 5.20. The van der Waals surface area contributed by atoms with Gasteiger partial charge in [0.15, 0.2) is 0 Å². The SMILES string of the molecule is C=COC(C)Oc1ccccc1. The second kappa shape index (κ2) is 4.44. The van der Waals surface area contributed by atoms with Gasteiger partial charge in [-0.05, 0) is 12.1 Å². The van der Waals surface area contributed by atoms with Crippen LogP contribution in [0.2, 0.25) is 0 Å². The van der Waals surface area contributed by atoms with Crippen LogP contribution in [-0.2, 0) is 4.74 Å². The largest absolute Gasteiger partial charge is 0.463 e. The Hall–Kier alpha value is -1.44. The molecule has 0 N–H and O–H groups in total. The van der Waals surface area contributed by atoms with E-state index in [2.05, 4.69) is 6.58 Å². The molecule has 0 aliphatic carbocycles. The second-order valence-electron chi connectivity index (χ2n) is 2.30. The molecule has 1 rings (SSSR count). The molecule has 1 aromatic rings. The molecular weight excluding hydrogens is 152 g/mol. The summed E-state index contributed by atoms with van der Waals surface area (Å²) in [5.41, 5.74) is 0. The van der Waals surface area contributed by atoms with Gasteiger partial charge in [0.25, 0.3) is 0 Å². The van der Waals surface area contributed by atoms with Crippen molar-refractivity contribution in [2.24, 2.45) is 0 Å². The molecule has 0 saturated carbocycles. The Bertz CT molecular complexity index is 231. The molecule has 1 unspecified atom stereocenters. The Balaban J connectivity index is 2.46. The zero-order valence-corrected chi connectivity index (χ0v) is 7.07. The standard InChI is InChI=1S/C10H12O2/c1-3-11-9(2)12-10-7-5-4-6-8-10/h3-9H,1H2,2H3. The van der Waals surface area contributed by atoms with E-state index in [9.17, 15) is 0 Å². The number of hydrogen-bond donors (Lipinski definition) is 0. The molecule has 12 heavy (non-hydrogen) atoms. The topological polar surface area (TPSA) is 18.5 Å². The fraction of sp³-hybridized carbons (Fsp3) is 0.200. The maximum absolute atomic E-state index is 5.36. The maximum Gasteiger partial charge on any atom is 0.237 e. The first-order valence-electron chi connectivity index (χ1n) is 3.81. The van der Waals surface area contributed by atoms with Crippen molar-refractivity contribution in [2.75, 3.05) is 0 Å². The Morgan fingerprint density at radius 1 is 1.33 bits per heavy atom. The number of para-hydroxylation sites is 1. The third-order valence-corrected chi connectivity index (χ3v) is 1.33. The van der Waals surface area contributed by atoms with Crippen LogP contribution < -0.4 is 4.74 Å². The Labute approximate surface area is 72.4 Å². The first kappa shape index (κ1) is 8.65. The van der Waals surface area contributed by atoms with Gasteiger partial charge in [0.2, 0.25) is 6.29 Å². The van der Waals surface area contributed by atoms with Crippen LogP contribution in [0.5, 0.6) is 5.75 Å². The van der Waals surface area contributed by atoms with Crippen molar-refractivity contribution in [2.45, 2.75) is 13.2 Å². The van der Waals surface area contributed by atoms with Crippen LogP contribution in [-0.4, -0.2) is 6.29 Å². The van der Waals surface area contributed by atoms with E-state index in [-0.39, 0.29) is 6.29 Å². The molecule has 0 aliphatic heterocycles. The first-order chi connectivity index (χ1) is 5.83. The zero-order chi connectivity index (χ0) is 8.81. The van der Waals surface area contributed by atoms with Crippen molar-refractivity contribution in [3.63, 3.8) is 0 Å². The summed E-state index contributed by atoms with van der Waals surface area (Å²) in [7, 11) is 0. The van der Waals surface area contributed by atoms with Crippen molar-refractivity contribution in [3.8, 4) is 5.75 Å². The van der Waals surface area contributed by atoms with E-state index >= 15 is 0 Å². The fourth-order valence-corrected chi connectivity index (χ4v) is 0.854. The molecule has 0 bridgehead atoms. The summed E-state index contributed by atoms with van der Waals surface area (Å²) in [5.74, 6) is 0.798. The van der Waals surface area contributed by atoms with E-state index in [0.29, 0.717) is 0 Å². The van der Waals surface area contributed by atoms with E-state index in [1.165, 1.54) is 6.26 Å². The van der Waals surface area contributed by atoms with Crippen LogP contribution in [0.3, 0.4) is 0 Å². The molecule has 2 heteroatoms. The summed E-state index contributed by atoms with van der Waals surface area (Å²) < 4.78 is 10.3. The third-order valence-electron chi connectivity index (χ3n) is 1.33. The molecule has 0 radical (unpaired) electrons. The molecule has 64 valence electrons. The van der Waals surface area contributed by atoms with Gasteiger partial charge >= 0.3 is 0 Å². The minimum atomic E-state index is -0.287. The summed E-state index contributed by atoms with van der Waals surface area (Å²) in [6, 6.07) is 9.52. The summed E-state index contributed by atoms with van der Waals surface area (Å²) in [6.07, 6.45) is 1.08. The molecule has 0 heterocycles. The number of ether oxygens (including phenoxy) is 2. The highest BCUT2D eigenvalue weighted by Crippen LogP contribution is 2.10. The predicted octanol–water partition coefficient (Wildman–Crippen LogP) is 2.57. The van der Waals surface area contributed by atoms with Gasteiger partial charge in [-0.1, -0.05) is 24.8 Å². The van der Waals surface area contributed by atoms with E-state index in [0.717, 1.165) is 5.75 Å². The highest BCUT2D eigenvalue weighted by atomic mass is 16.7. The lowest BCUT2D eigenvalue weighted by Gasteiger charge is -2.12. The molecule has 0 spiro atoms. The van der Waals surface area contributed by atoms with Crippen LogP contribution in [0.25, 0.3) is 0 Å². The van der Waals surface area contributed by atoms with E-state index in [4.69, 9.17) is 9.47 Å². The van der Waals surface area contributed by atoms with Crippen molar-refractivity contribution in [1.29, 1.82) is 0 Å². The van der Waals surface area contributed by atoms with Crippen LogP contribution in [0.4, 0.5) is 0 Å². The van der Waals surface area contributed by atoms with Crippen molar-refractivity contribution < 1.29 is 9.47 Å². The summed E-state index contributed by atoms with van der Waals surface area (Å²) >= 11 is 0. The molecule has 1 atom stereocenters. The van der Waals surface area contributed by atoms with Crippen LogP contribution in [0.15, 0.2) is 43.2 Å². The molecular formula is C10H12O2. The number of hydrogen-bond acceptors (Lipinski definition) is 2. The zero-order valence-electron chi connectivity index (χ0n) is 7.07. The summed E-state index contributed by atoms with van der Waals surface area (Å²) in [5, 5.41) is 0. The molecule has 0 aliphatic rings. The molecule has 0 saturated heterocycles. The molecule has 0 fully saturated rings. The average molecular weight is 164 g/mol. The van der Waals surface area contributed by atoms with Gasteiger partial charge < -0.3 is 9.47 Å². The van der Waals surface area contributed by atoms with E-state index in [1.54, 1.807) is 0 Å². The van der Waals surface area contributed by atoms with E-state index < -0.39 is 0 Å². The molecule has 0 aromatic heterocycles. The van der Waals surface area contributed by atoms with Crippen LogP contribution in [0.1, 0.15) is 6.92 Å². The Morgan fingerprint density at radius 2 is 2.00 bits per heavy atom. The average Bonchev–Trinajstić information content (AvgIpc) is 2.06. The molecule has 1 aromatic carbocycles. The summed E-state index contributed by atoms with van der Waals surface area (Å²) in [4.78, 5) is 0. The number of benzene rings is 1. The fourth-order valence-electron chi connectivity index (χ4n) is 0.854. The monoisotopic (exact) mass is 164 g/mol. The van der Waals surface area contributed by atoms with Gasteiger partial charge in [-0.15, -0.1) is 0 Å². The highest BCUT2D eigenvalue weighted by Gasteiger charge is 1.99. The van der Waals surface area contributed by atoms with Crippen molar-refractivity contribution in [3.05, 3.63) is 43.2 Å². The first-order valence-corrected chi connectivity index (χ1v) is 3.81. The second-order valence-corrected chi connectivity index (χ2v) is 2.30. The van der Waals surface area contributed by atoms with Gasteiger partial charge in [0, 0.05) is 6.92 Å². The maximum atomic E-state index is 5.36. The summed E-state index contributed by atoms with van der Waals surface area (Å²) in [6.45, 7) is 5.25. The quantitative estimate of drug-likeness (QED) is 0.503. The Kier molecular flexibility index (Phi) is 3.20. The predicted molar refractivity (Wildman–Crippen MR) is 47.8 cm³/mol. The van der Waals surface area contributed by atoms with Gasteiger partial charge in [0.1, 0.15) is 5.75 Å². The minimum absolute atomic E-state index is 0.287. The van der Waals surface area contributed by atoms with Gasteiger partial charge in [-0.2, -0.15) is 0 Å². The lowest BCUT2D eigenvalue weighted by atomic mass is 10.3. The van der Waals surface area contributed by atoms with Crippen molar-refractivity contribution >= 4 is 0 Å². The van der Waals surface area contributed by atoms with Gasteiger partial charge in [0.05, 0.1) is 6.26 Å². The van der Waals surface area contributed by atoms with E-state index in [1.807, 2.05) is 37.3 Å². The minimum Gasteiger partial charge on any atom is -0.463 e. The lowest BCUT2D eigenvalue weighted by Crippen LogP contribution is -2.12. The Morgan fingerprint density at radius 3 is 2.58 bits per heavy atom.